The van der Waals surface area contributed by atoms with Crippen LogP contribution in [0.15, 0.2) is 6.33 Å². The number of aromatic nitrogens is 3. The molecule has 1 aliphatic rings. The summed E-state index contributed by atoms with van der Waals surface area (Å²) in [7, 11) is 1.91. The fourth-order valence-corrected chi connectivity index (χ4v) is 1.60. The summed E-state index contributed by atoms with van der Waals surface area (Å²) in [5, 5.41) is 4.01. The van der Waals surface area contributed by atoms with Crippen LogP contribution < -0.4 is 5.73 Å². The monoisotopic (exact) mass is 180 g/mol. The quantitative estimate of drug-likeness (QED) is 0.733. The van der Waals surface area contributed by atoms with Gasteiger partial charge in [0.05, 0.1) is 0 Å². The second-order valence-corrected chi connectivity index (χ2v) is 3.94. The first-order valence-corrected chi connectivity index (χ1v) is 4.84. The summed E-state index contributed by atoms with van der Waals surface area (Å²) in [6, 6.07) is 0.260. The van der Waals surface area contributed by atoms with Gasteiger partial charge in [-0.3, -0.25) is 4.68 Å². The van der Waals surface area contributed by atoms with Crippen molar-refractivity contribution in [1.29, 1.82) is 0 Å². The zero-order valence-electron chi connectivity index (χ0n) is 7.98. The van der Waals surface area contributed by atoms with Gasteiger partial charge in [-0.15, -0.1) is 0 Å². The largest absolute Gasteiger partial charge is 0.327 e. The number of nitrogens with two attached hydrogens (primary N) is 1. The van der Waals surface area contributed by atoms with Crippen molar-refractivity contribution in [2.45, 2.75) is 31.7 Å². The third kappa shape index (κ3) is 2.28. The van der Waals surface area contributed by atoms with Gasteiger partial charge in [0.25, 0.3) is 0 Å². The third-order valence-corrected chi connectivity index (χ3v) is 2.58. The van der Waals surface area contributed by atoms with Crippen molar-refractivity contribution >= 4 is 0 Å². The van der Waals surface area contributed by atoms with Crippen molar-refractivity contribution in [3.63, 3.8) is 0 Å². The van der Waals surface area contributed by atoms with Crippen LogP contribution >= 0.6 is 0 Å². The first-order chi connectivity index (χ1) is 6.25. The summed E-state index contributed by atoms with van der Waals surface area (Å²) in [6.07, 6.45) is 6.32. The first kappa shape index (κ1) is 8.69. The van der Waals surface area contributed by atoms with Crippen molar-refractivity contribution in [2.75, 3.05) is 0 Å². The van der Waals surface area contributed by atoms with Gasteiger partial charge in [-0.05, 0) is 12.3 Å². The van der Waals surface area contributed by atoms with Gasteiger partial charge in [0, 0.05) is 19.5 Å². The van der Waals surface area contributed by atoms with E-state index in [1.807, 2.05) is 7.05 Å². The van der Waals surface area contributed by atoms with Gasteiger partial charge in [0.2, 0.25) is 0 Å². The van der Waals surface area contributed by atoms with Gasteiger partial charge in [0.15, 0.2) is 0 Å². The van der Waals surface area contributed by atoms with Crippen LogP contribution in [0.25, 0.3) is 0 Å². The van der Waals surface area contributed by atoms with Crippen LogP contribution in [0.5, 0.6) is 0 Å². The van der Waals surface area contributed by atoms with E-state index in [4.69, 9.17) is 5.73 Å². The number of hydrogen-bond donors (Lipinski definition) is 1. The van der Waals surface area contributed by atoms with Crippen LogP contribution in [0.4, 0.5) is 0 Å². The average Bonchev–Trinajstić information content (AvgIpc) is 2.79. The molecule has 1 aliphatic carbocycles. The van der Waals surface area contributed by atoms with Crippen molar-refractivity contribution in [1.82, 2.24) is 14.8 Å². The second-order valence-electron chi connectivity index (χ2n) is 3.94. The SMILES string of the molecule is Cn1ncnc1CC(N)CC1CC1. The molecule has 0 spiro atoms. The van der Waals surface area contributed by atoms with Crippen molar-refractivity contribution in [3.05, 3.63) is 12.2 Å². The molecule has 0 aromatic carbocycles. The summed E-state index contributed by atoms with van der Waals surface area (Å²) >= 11 is 0. The normalized spacial score (nSPS) is 18.9. The van der Waals surface area contributed by atoms with Gasteiger partial charge in [-0.25, -0.2) is 4.98 Å². The summed E-state index contributed by atoms with van der Waals surface area (Å²) in [6.45, 7) is 0. The van der Waals surface area contributed by atoms with Crippen LogP contribution in [0, 0.1) is 5.92 Å². The maximum absolute atomic E-state index is 5.99. The van der Waals surface area contributed by atoms with Crippen LogP contribution in [-0.4, -0.2) is 20.8 Å². The molecule has 0 bridgehead atoms. The molecule has 1 aromatic rings. The van der Waals surface area contributed by atoms with Gasteiger partial charge in [0.1, 0.15) is 12.2 Å². The lowest BCUT2D eigenvalue weighted by atomic mass is 10.1. The molecule has 1 heterocycles. The first-order valence-electron chi connectivity index (χ1n) is 4.84. The fraction of sp³-hybridized carbons (Fsp3) is 0.778. The fourth-order valence-electron chi connectivity index (χ4n) is 1.60. The highest BCUT2D eigenvalue weighted by molar-refractivity contribution is 4.90. The molecule has 1 fully saturated rings. The predicted molar refractivity (Wildman–Crippen MR) is 50.0 cm³/mol. The minimum Gasteiger partial charge on any atom is -0.327 e. The molecule has 0 aliphatic heterocycles. The van der Waals surface area contributed by atoms with Crippen LogP contribution in [0.2, 0.25) is 0 Å². The molecule has 0 saturated heterocycles. The van der Waals surface area contributed by atoms with Gasteiger partial charge in [-0.2, -0.15) is 5.10 Å². The average molecular weight is 180 g/mol. The zero-order valence-corrected chi connectivity index (χ0v) is 7.98. The van der Waals surface area contributed by atoms with Gasteiger partial charge >= 0.3 is 0 Å². The molecule has 4 heteroatoms. The minimum atomic E-state index is 0.260. The molecule has 72 valence electrons. The van der Waals surface area contributed by atoms with Crippen molar-refractivity contribution < 1.29 is 0 Å². The van der Waals surface area contributed by atoms with Crippen molar-refractivity contribution in [3.8, 4) is 0 Å². The molecule has 0 amide bonds. The number of aryl methyl sites for hydroxylation is 1. The second kappa shape index (κ2) is 3.46. The van der Waals surface area contributed by atoms with E-state index in [2.05, 4.69) is 10.1 Å². The minimum absolute atomic E-state index is 0.260. The Labute approximate surface area is 78.1 Å². The lowest BCUT2D eigenvalue weighted by Crippen LogP contribution is -2.25. The van der Waals surface area contributed by atoms with Crippen molar-refractivity contribution in [2.24, 2.45) is 18.7 Å². The van der Waals surface area contributed by atoms with Crippen LogP contribution in [-0.2, 0) is 13.5 Å². The highest BCUT2D eigenvalue weighted by Crippen LogP contribution is 2.33. The van der Waals surface area contributed by atoms with Crippen LogP contribution in [0.1, 0.15) is 25.1 Å². The Morgan fingerprint density at radius 2 is 2.46 bits per heavy atom. The van der Waals surface area contributed by atoms with E-state index in [0.29, 0.717) is 0 Å². The molecule has 1 unspecified atom stereocenters. The molecule has 2 rings (SSSR count). The molecule has 1 atom stereocenters. The van der Waals surface area contributed by atoms with E-state index in [1.54, 1.807) is 11.0 Å². The Kier molecular flexibility index (Phi) is 2.31. The summed E-state index contributed by atoms with van der Waals surface area (Å²) < 4.78 is 1.80. The lowest BCUT2D eigenvalue weighted by Gasteiger charge is -2.09. The third-order valence-electron chi connectivity index (χ3n) is 2.58. The Morgan fingerprint density at radius 1 is 1.69 bits per heavy atom. The Morgan fingerprint density at radius 3 is 3.00 bits per heavy atom. The molecule has 0 radical (unpaired) electrons. The smallest absolute Gasteiger partial charge is 0.138 e. The van der Waals surface area contributed by atoms with E-state index in [0.717, 1.165) is 24.6 Å². The highest BCUT2D eigenvalue weighted by Gasteiger charge is 2.24. The Hall–Kier alpha value is -0.900. The van der Waals surface area contributed by atoms with E-state index in [-0.39, 0.29) is 6.04 Å². The molecule has 4 nitrogen and oxygen atoms in total. The summed E-state index contributed by atoms with van der Waals surface area (Å²) in [4.78, 5) is 4.16. The topological polar surface area (TPSA) is 56.7 Å². The number of hydrogen-bond acceptors (Lipinski definition) is 3. The maximum Gasteiger partial charge on any atom is 0.138 e. The molecule has 13 heavy (non-hydrogen) atoms. The summed E-state index contributed by atoms with van der Waals surface area (Å²) in [5.41, 5.74) is 5.99. The van der Waals surface area contributed by atoms with E-state index >= 15 is 0 Å². The molecular formula is C9H16N4. The Bertz CT molecular complexity index is 277. The molecule has 1 saturated carbocycles. The standard InChI is InChI=1S/C9H16N4/c1-13-9(11-6-12-13)5-8(10)4-7-2-3-7/h6-8H,2-5,10H2,1H3. The van der Waals surface area contributed by atoms with E-state index < -0.39 is 0 Å². The predicted octanol–water partition coefficient (Wildman–Crippen LogP) is 0.485. The number of nitrogens with zero attached hydrogens (tertiary/aromatic N) is 3. The molecule has 1 aromatic heterocycles. The molecular weight excluding hydrogens is 164 g/mol. The Balaban J connectivity index is 1.85. The summed E-state index contributed by atoms with van der Waals surface area (Å²) in [5.74, 6) is 1.89. The lowest BCUT2D eigenvalue weighted by molar-refractivity contribution is 0.538. The van der Waals surface area contributed by atoms with E-state index in [9.17, 15) is 0 Å². The molecule has 2 N–H and O–H groups in total. The van der Waals surface area contributed by atoms with Gasteiger partial charge in [-0.1, -0.05) is 12.8 Å². The van der Waals surface area contributed by atoms with Gasteiger partial charge < -0.3 is 5.73 Å². The van der Waals surface area contributed by atoms with Crippen LogP contribution in [0.3, 0.4) is 0 Å². The number of rotatable bonds is 4. The zero-order chi connectivity index (χ0) is 9.26. The highest BCUT2D eigenvalue weighted by atomic mass is 15.3. The maximum atomic E-state index is 5.99. The van der Waals surface area contributed by atoms with E-state index in [1.165, 1.54) is 12.8 Å².